The van der Waals surface area contributed by atoms with Gasteiger partial charge in [-0.25, -0.2) is 4.98 Å². The van der Waals surface area contributed by atoms with Gasteiger partial charge < -0.3 is 15.5 Å². The van der Waals surface area contributed by atoms with Crippen molar-refractivity contribution in [3.05, 3.63) is 22.8 Å². The topological polar surface area (TPSA) is 96.4 Å². The highest BCUT2D eigenvalue weighted by molar-refractivity contribution is 7.50. The van der Waals surface area contributed by atoms with E-state index in [0.29, 0.717) is 5.02 Å². The van der Waals surface area contributed by atoms with Crippen LogP contribution in [0.5, 0.6) is 0 Å². The van der Waals surface area contributed by atoms with Crippen LogP contribution in [0.1, 0.15) is 5.69 Å². The van der Waals surface area contributed by atoms with E-state index in [0.717, 1.165) is 0 Å². The third kappa shape index (κ3) is 3.74. The number of nitrogens with two attached hydrogens (primary N) is 1. The molecule has 0 spiro atoms. The third-order valence-electron chi connectivity index (χ3n) is 1.23. The van der Waals surface area contributed by atoms with Crippen molar-refractivity contribution in [3.63, 3.8) is 0 Å². The number of pyridine rings is 1. The van der Waals surface area contributed by atoms with Gasteiger partial charge in [-0.3, -0.25) is 4.57 Å². The van der Waals surface area contributed by atoms with E-state index in [-0.39, 0.29) is 11.5 Å². The monoisotopic (exact) mass is 222 g/mol. The predicted octanol–water partition coefficient (Wildman–Crippen LogP) is 0.995. The van der Waals surface area contributed by atoms with Crippen LogP contribution in [0.3, 0.4) is 0 Å². The van der Waals surface area contributed by atoms with Gasteiger partial charge in [0.15, 0.2) is 0 Å². The van der Waals surface area contributed by atoms with E-state index in [1.54, 1.807) is 0 Å². The lowest BCUT2D eigenvalue weighted by atomic mass is 10.4. The molecule has 4 N–H and O–H groups in total. The van der Waals surface area contributed by atoms with Crippen LogP contribution in [0, 0.1) is 0 Å². The lowest BCUT2D eigenvalue weighted by molar-refractivity contribution is 0.371. The number of halogens is 1. The summed E-state index contributed by atoms with van der Waals surface area (Å²) in [5.74, 6) is 0.149. The van der Waals surface area contributed by atoms with Crippen molar-refractivity contribution in [2.24, 2.45) is 0 Å². The molecule has 0 saturated heterocycles. The number of rotatable bonds is 2. The second-order valence-corrected chi connectivity index (χ2v) is 4.61. The molecular weight excluding hydrogens is 215 g/mol. The van der Waals surface area contributed by atoms with Crippen LogP contribution in [0.2, 0.25) is 5.02 Å². The first-order valence-corrected chi connectivity index (χ1v) is 5.51. The highest BCUT2D eigenvalue weighted by Crippen LogP contribution is 2.38. The van der Waals surface area contributed by atoms with Gasteiger partial charge >= 0.3 is 7.60 Å². The van der Waals surface area contributed by atoms with Crippen LogP contribution in [-0.4, -0.2) is 14.8 Å². The number of anilines is 1. The summed E-state index contributed by atoms with van der Waals surface area (Å²) >= 11 is 5.61. The molecule has 0 aromatic carbocycles. The maximum Gasteiger partial charge on any atom is 0.331 e. The van der Waals surface area contributed by atoms with Crippen molar-refractivity contribution in [2.75, 3.05) is 5.73 Å². The summed E-state index contributed by atoms with van der Waals surface area (Å²) < 4.78 is 10.6. The van der Waals surface area contributed by atoms with E-state index in [1.807, 2.05) is 0 Å². The average molecular weight is 223 g/mol. The number of nitrogen functional groups attached to an aromatic ring is 1. The average Bonchev–Trinajstić information content (AvgIpc) is 1.78. The van der Waals surface area contributed by atoms with Gasteiger partial charge in [-0.05, 0) is 12.1 Å². The lowest BCUT2D eigenvalue weighted by Crippen LogP contribution is -1.96. The number of aromatic nitrogens is 1. The van der Waals surface area contributed by atoms with Gasteiger partial charge in [0.1, 0.15) is 5.82 Å². The van der Waals surface area contributed by atoms with E-state index in [2.05, 4.69) is 4.98 Å². The minimum atomic E-state index is -4.10. The summed E-state index contributed by atoms with van der Waals surface area (Å²) in [6, 6.07) is 2.78. The molecule has 0 aliphatic rings. The quantitative estimate of drug-likeness (QED) is 0.649. The fourth-order valence-electron chi connectivity index (χ4n) is 0.865. The molecule has 0 radical (unpaired) electrons. The Morgan fingerprint density at radius 3 is 2.62 bits per heavy atom. The predicted molar refractivity (Wildman–Crippen MR) is 49.4 cm³/mol. The van der Waals surface area contributed by atoms with Crippen LogP contribution >= 0.6 is 19.2 Å². The molecule has 1 heterocycles. The maximum atomic E-state index is 10.6. The Bertz CT molecular complexity index is 345. The second kappa shape index (κ2) is 3.64. The first-order valence-electron chi connectivity index (χ1n) is 3.33. The fourth-order valence-corrected chi connectivity index (χ4v) is 1.69. The van der Waals surface area contributed by atoms with Gasteiger partial charge in [0, 0.05) is 5.02 Å². The summed E-state index contributed by atoms with van der Waals surface area (Å²) in [7, 11) is -4.10. The van der Waals surface area contributed by atoms with Crippen molar-refractivity contribution < 1.29 is 14.4 Å². The number of nitrogens with zero attached hydrogens (tertiary/aromatic N) is 1. The molecule has 0 saturated carbocycles. The number of hydrogen-bond acceptors (Lipinski definition) is 3. The van der Waals surface area contributed by atoms with E-state index in [1.165, 1.54) is 12.1 Å². The molecule has 72 valence electrons. The van der Waals surface area contributed by atoms with Crippen molar-refractivity contribution >= 4 is 25.0 Å². The zero-order valence-corrected chi connectivity index (χ0v) is 8.16. The van der Waals surface area contributed by atoms with E-state index in [9.17, 15) is 4.57 Å². The largest absolute Gasteiger partial charge is 0.384 e. The first-order chi connectivity index (χ1) is 5.87. The summed E-state index contributed by atoms with van der Waals surface area (Å²) in [6.07, 6.45) is -0.447. The molecule has 0 aliphatic heterocycles. The Hall–Kier alpha value is -0.610. The van der Waals surface area contributed by atoms with Crippen molar-refractivity contribution in [1.29, 1.82) is 0 Å². The molecule has 0 aliphatic carbocycles. The minimum Gasteiger partial charge on any atom is -0.384 e. The zero-order chi connectivity index (χ0) is 10.1. The summed E-state index contributed by atoms with van der Waals surface area (Å²) in [6.45, 7) is 0. The molecule has 1 aromatic heterocycles. The van der Waals surface area contributed by atoms with Crippen LogP contribution in [-0.2, 0) is 10.7 Å². The molecular formula is C6H8ClN2O3P. The second-order valence-electron chi connectivity index (χ2n) is 2.52. The molecule has 1 aromatic rings. The molecule has 0 atom stereocenters. The van der Waals surface area contributed by atoms with Gasteiger partial charge in [0.25, 0.3) is 0 Å². The number of hydrogen-bond donors (Lipinski definition) is 3. The lowest BCUT2D eigenvalue weighted by Gasteiger charge is -2.04. The summed E-state index contributed by atoms with van der Waals surface area (Å²) in [5, 5.41) is 0.316. The Kier molecular flexibility index (Phi) is 2.93. The molecule has 0 unspecified atom stereocenters. The standard InChI is InChI=1S/C6H8ClN2O3P/c7-4-1-5(3-13(10,11)12)9-6(8)2-4/h1-2H,3H2,(H2,8,9)(H2,10,11,12). The SMILES string of the molecule is Nc1cc(Cl)cc(CP(=O)(O)O)n1. The van der Waals surface area contributed by atoms with Crippen molar-refractivity contribution in [2.45, 2.75) is 6.16 Å². The van der Waals surface area contributed by atoms with Crippen molar-refractivity contribution in [1.82, 2.24) is 4.98 Å². The minimum absolute atomic E-state index is 0.149. The smallest absolute Gasteiger partial charge is 0.331 e. The summed E-state index contributed by atoms with van der Waals surface area (Å²) in [5.41, 5.74) is 5.52. The molecule has 5 nitrogen and oxygen atoms in total. The normalized spacial score (nSPS) is 11.6. The third-order valence-corrected chi connectivity index (χ3v) is 2.19. The molecule has 7 heteroatoms. The van der Waals surface area contributed by atoms with Crippen LogP contribution < -0.4 is 5.73 Å². The Labute approximate surface area is 79.7 Å². The van der Waals surface area contributed by atoms with Gasteiger partial charge in [-0.1, -0.05) is 11.6 Å². The van der Waals surface area contributed by atoms with Gasteiger partial charge in [0.2, 0.25) is 0 Å². The molecule has 1 rings (SSSR count). The van der Waals surface area contributed by atoms with Gasteiger partial charge in [-0.2, -0.15) is 0 Å². The molecule has 0 bridgehead atoms. The zero-order valence-electron chi connectivity index (χ0n) is 6.51. The van der Waals surface area contributed by atoms with Crippen LogP contribution in [0.25, 0.3) is 0 Å². The Morgan fingerprint density at radius 2 is 2.15 bits per heavy atom. The highest BCUT2D eigenvalue weighted by atomic mass is 35.5. The van der Waals surface area contributed by atoms with E-state index in [4.69, 9.17) is 27.1 Å². The highest BCUT2D eigenvalue weighted by Gasteiger charge is 2.15. The summed E-state index contributed by atoms with van der Waals surface area (Å²) in [4.78, 5) is 21.0. The Morgan fingerprint density at radius 1 is 1.54 bits per heavy atom. The molecule has 0 amide bonds. The van der Waals surface area contributed by atoms with Crippen LogP contribution in [0.15, 0.2) is 12.1 Å². The van der Waals surface area contributed by atoms with Crippen molar-refractivity contribution in [3.8, 4) is 0 Å². The fraction of sp³-hybridized carbons (Fsp3) is 0.167. The molecule has 13 heavy (non-hydrogen) atoms. The first kappa shape index (κ1) is 10.5. The maximum absolute atomic E-state index is 10.6. The van der Waals surface area contributed by atoms with E-state index < -0.39 is 13.8 Å². The van der Waals surface area contributed by atoms with E-state index >= 15 is 0 Å². The van der Waals surface area contributed by atoms with Gasteiger partial charge in [-0.15, -0.1) is 0 Å². The molecule has 0 fully saturated rings. The van der Waals surface area contributed by atoms with Crippen LogP contribution in [0.4, 0.5) is 5.82 Å². The van der Waals surface area contributed by atoms with Gasteiger partial charge in [0.05, 0.1) is 11.9 Å². The Balaban J connectivity index is 2.96.